The molecule has 0 radical (unpaired) electrons. The molecule has 0 saturated carbocycles. The Kier molecular flexibility index (Phi) is 7.74. The number of nitriles is 1. The molecular weight excluding hydrogens is 552 g/mol. The number of thioether (sulfide) groups is 1. The third-order valence-corrected chi connectivity index (χ3v) is 8.52. The number of pyridine rings is 1. The zero-order valence-corrected chi connectivity index (χ0v) is 23.5. The van der Waals surface area contributed by atoms with E-state index in [-0.39, 0.29) is 29.6 Å². The van der Waals surface area contributed by atoms with Crippen LogP contribution in [0.3, 0.4) is 0 Å². The molecule has 0 atom stereocenters. The van der Waals surface area contributed by atoms with Crippen LogP contribution in [0.1, 0.15) is 22.3 Å². The first kappa shape index (κ1) is 27.6. The van der Waals surface area contributed by atoms with Crippen LogP contribution < -0.4 is 15.4 Å². The summed E-state index contributed by atoms with van der Waals surface area (Å²) < 4.78 is 29.5. The molecule has 3 aromatic rings. The van der Waals surface area contributed by atoms with Crippen LogP contribution in [0.25, 0.3) is 6.08 Å². The molecule has 11 heteroatoms. The molecule has 1 aromatic heterocycles. The minimum atomic E-state index is -0.424. The van der Waals surface area contributed by atoms with Gasteiger partial charge in [0.1, 0.15) is 33.4 Å². The lowest BCUT2D eigenvalue weighted by Crippen LogP contribution is -2.48. The van der Waals surface area contributed by atoms with Crippen molar-refractivity contribution < 1.29 is 13.6 Å². The number of hydrogen-bond acceptors (Lipinski definition) is 7. The van der Waals surface area contributed by atoms with Gasteiger partial charge in [0.25, 0.3) is 11.5 Å². The molecule has 40 heavy (non-hydrogen) atoms. The number of para-hydroxylation sites is 1. The Balaban J connectivity index is 1.49. The van der Waals surface area contributed by atoms with Crippen molar-refractivity contribution in [3.8, 4) is 6.07 Å². The Labute approximate surface area is 239 Å². The first-order valence-electron chi connectivity index (χ1n) is 12.6. The number of rotatable bonds is 5. The summed E-state index contributed by atoms with van der Waals surface area (Å²) in [5.74, 6) is -0.379. The smallest absolute Gasteiger partial charge is 0.270 e. The van der Waals surface area contributed by atoms with E-state index in [0.717, 1.165) is 17.3 Å². The standard InChI is InChI=1S/C29H25F2N5O2S2/c1-18-21(15-25-28(38)36(29(39)40-25)17-19-7-9-20(30)10-8-19)26(33(2)27(37)22(18)16-32)35-13-11-34(12-14-35)24-6-4-3-5-23(24)31/h3-10,15H,11-14,17H2,1-2H3/b25-15+. The van der Waals surface area contributed by atoms with Gasteiger partial charge in [-0.3, -0.25) is 19.1 Å². The highest BCUT2D eigenvalue weighted by molar-refractivity contribution is 8.26. The van der Waals surface area contributed by atoms with Crippen molar-refractivity contribution in [1.29, 1.82) is 5.26 Å². The monoisotopic (exact) mass is 577 g/mol. The highest BCUT2D eigenvalue weighted by atomic mass is 32.2. The van der Waals surface area contributed by atoms with E-state index in [2.05, 4.69) is 0 Å². The van der Waals surface area contributed by atoms with Crippen LogP contribution >= 0.6 is 24.0 Å². The van der Waals surface area contributed by atoms with E-state index in [1.54, 1.807) is 50.4 Å². The predicted octanol–water partition coefficient (Wildman–Crippen LogP) is 4.57. The van der Waals surface area contributed by atoms with E-state index >= 15 is 0 Å². The lowest BCUT2D eigenvalue weighted by Gasteiger charge is -2.38. The number of piperazine rings is 1. The molecule has 0 spiro atoms. The van der Waals surface area contributed by atoms with Crippen molar-refractivity contribution >= 4 is 51.8 Å². The second-order valence-electron chi connectivity index (χ2n) is 9.53. The van der Waals surface area contributed by atoms with Gasteiger partial charge in [0.05, 0.1) is 17.1 Å². The number of nitrogens with zero attached hydrogens (tertiary/aromatic N) is 5. The molecule has 2 saturated heterocycles. The van der Waals surface area contributed by atoms with Crippen molar-refractivity contribution in [2.45, 2.75) is 13.5 Å². The van der Waals surface area contributed by atoms with Gasteiger partial charge in [-0.1, -0.05) is 48.2 Å². The van der Waals surface area contributed by atoms with Crippen LogP contribution in [0, 0.1) is 29.9 Å². The third-order valence-electron chi connectivity index (χ3n) is 7.14. The van der Waals surface area contributed by atoms with Gasteiger partial charge in [0.2, 0.25) is 0 Å². The van der Waals surface area contributed by atoms with E-state index in [1.807, 2.05) is 15.9 Å². The van der Waals surface area contributed by atoms with Crippen molar-refractivity contribution in [2.24, 2.45) is 7.05 Å². The Morgan fingerprint density at radius 3 is 2.33 bits per heavy atom. The third kappa shape index (κ3) is 5.12. The molecular formula is C29H25F2N5O2S2. The minimum absolute atomic E-state index is 0.00397. The summed E-state index contributed by atoms with van der Waals surface area (Å²) >= 11 is 6.63. The van der Waals surface area contributed by atoms with Crippen molar-refractivity contribution in [2.75, 3.05) is 36.0 Å². The Hall–Kier alpha value is -4.01. The summed E-state index contributed by atoms with van der Waals surface area (Å²) in [7, 11) is 1.61. The molecule has 2 aromatic carbocycles. The first-order chi connectivity index (χ1) is 19.2. The fourth-order valence-corrected chi connectivity index (χ4v) is 6.24. The summed E-state index contributed by atoms with van der Waals surface area (Å²) in [6.07, 6.45) is 1.69. The molecule has 3 heterocycles. The van der Waals surface area contributed by atoms with Crippen LogP contribution in [0.2, 0.25) is 0 Å². The van der Waals surface area contributed by atoms with Crippen molar-refractivity contribution in [3.63, 3.8) is 0 Å². The van der Waals surface area contributed by atoms with Gasteiger partial charge >= 0.3 is 0 Å². The molecule has 0 bridgehead atoms. The Morgan fingerprint density at radius 1 is 1.02 bits per heavy atom. The van der Waals surface area contributed by atoms with Gasteiger partial charge in [-0.25, -0.2) is 8.78 Å². The maximum Gasteiger partial charge on any atom is 0.270 e. The van der Waals surface area contributed by atoms with Gasteiger partial charge in [-0.15, -0.1) is 0 Å². The zero-order valence-electron chi connectivity index (χ0n) is 21.9. The van der Waals surface area contributed by atoms with Crippen LogP contribution in [-0.2, 0) is 18.4 Å². The quantitative estimate of drug-likeness (QED) is 0.325. The second-order valence-corrected chi connectivity index (χ2v) is 11.2. The first-order valence-corrected chi connectivity index (χ1v) is 13.8. The normalized spacial score (nSPS) is 16.7. The second kappa shape index (κ2) is 11.2. The molecule has 0 unspecified atom stereocenters. The van der Waals surface area contributed by atoms with E-state index in [9.17, 15) is 23.6 Å². The van der Waals surface area contributed by atoms with Gasteiger partial charge < -0.3 is 9.80 Å². The summed E-state index contributed by atoms with van der Waals surface area (Å²) in [6, 6.07) is 14.5. The number of benzene rings is 2. The maximum absolute atomic E-state index is 14.4. The van der Waals surface area contributed by atoms with E-state index < -0.39 is 5.56 Å². The number of carbonyl (C=O) groups excluding carboxylic acids is 1. The predicted molar refractivity (Wildman–Crippen MR) is 157 cm³/mol. The van der Waals surface area contributed by atoms with E-state index in [1.165, 1.54) is 27.7 Å². The highest BCUT2D eigenvalue weighted by Gasteiger charge is 2.33. The summed E-state index contributed by atoms with van der Waals surface area (Å²) in [5, 5.41) is 9.75. The SMILES string of the molecule is Cc1c(/C=C2/SC(=S)N(Cc3ccc(F)cc3)C2=O)c(N2CCN(c3ccccc3F)CC2)n(C)c(=O)c1C#N. The number of amides is 1. The zero-order chi connectivity index (χ0) is 28.6. The summed E-state index contributed by atoms with van der Waals surface area (Å²) in [6.45, 7) is 3.94. The topological polar surface area (TPSA) is 72.6 Å². The molecule has 0 aliphatic carbocycles. The van der Waals surface area contributed by atoms with Crippen LogP contribution in [0.15, 0.2) is 58.2 Å². The van der Waals surface area contributed by atoms with E-state index in [4.69, 9.17) is 12.2 Å². The van der Waals surface area contributed by atoms with Gasteiger partial charge in [0.15, 0.2) is 0 Å². The molecule has 2 aliphatic heterocycles. The number of halogens is 2. The van der Waals surface area contributed by atoms with Crippen LogP contribution in [0.5, 0.6) is 0 Å². The van der Waals surface area contributed by atoms with Gasteiger partial charge in [-0.05, 0) is 48.4 Å². The highest BCUT2D eigenvalue weighted by Crippen LogP contribution is 2.37. The molecule has 2 fully saturated rings. The number of anilines is 2. The molecule has 204 valence electrons. The Bertz CT molecular complexity index is 1640. The maximum atomic E-state index is 14.4. The molecule has 0 N–H and O–H groups in total. The van der Waals surface area contributed by atoms with E-state index in [0.29, 0.717) is 58.0 Å². The number of aromatic nitrogens is 1. The van der Waals surface area contributed by atoms with Crippen molar-refractivity contribution in [1.82, 2.24) is 9.47 Å². The lowest BCUT2D eigenvalue weighted by atomic mass is 10.0. The average Bonchev–Trinajstić information content (AvgIpc) is 3.21. The van der Waals surface area contributed by atoms with Gasteiger partial charge in [0, 0.05) is 38.8 Å². The fourth-order valence-electron chi connectivity index (χ4n) is 5.00. The average molecular weight is 578 g/mol. The number of hydrogen-bond donors (Lipinski definition) is 0. The summed E-state index contributed by atoms with van der Waals surface area (Å²) in [5.41, 5.74) is 1.90. The lowest BCUT2D eigenvalue weighted by molar-refractivity contribution is -0.122. The fraction of sp³-hybridized carbons (Fsp3) is 0.241. The Morgan fingerprint density at radius 2 is 1.68 bits per heavy atom. The molecule has 1 amide bonds. The van der Waals surface area contributed by atoms with Gasteiger partial charge in [-0.2, -0.15) is 5.26 Å². The number of carbonyl (C=O) groups is 1. The summed E-state index contributed by atoms with van der Waals surface area (Å²) in [4.78, 5) is 32.3. The minimum Gasteiger partial charge on any atom is -0.366 e. The molecule has 2 aliphatic rings. The molecule has 7 nitrogen and oxygen atoms in total. The van der Waals surface area contributed by atoms with Crippen LogP contribution in [-0.4, -0.2) is 45.9 Å². The number of thiocarbonyl (C=S) groups is 1. The van der Waals surface area contributed by atoms with Crippen molar-refractivity contribution in [3.05, 3.63) is 97.7 Å². The molecule has 5 rings (SSSR count). The largest absolute Gasteiger partial charge is 0.366 e. The van der Waals surface area contributed by atoms with Crippen LogP contribution in [0.4, 0.5) is 20.3 Å².